The van der Waals surface area contributed by atoms with Crippen molar-refractivity contribution in [3.8, 4) is 0 Å². The molecule has 0 aliphatic heterocycles. The molecule has 0 heterocycles. The highest BCUT2D eigenvalue weighted by atomic mass is 16.3. The number of carbonyl (C=O) groups is 1. The Hall–Kier alpha value is -0.870. The molecule has 2 atom stereocenters. The van der Waals surface area contributed by atoms with E-state index >= 15 is 0 Å². The van der Waals surface area contributed by atoms with Gasteiger partial charge in [-0.1, -0.05) is 6.08 Å². The molecule has 0 saturated carbocycles. The van der Waals surface area contributed by atoms with Gasteiger partial charge in [0.1, 0.15) is 0 Å². The number of carbonyl (C=O) groups excluding carboxylic acids is 1. The quantitative estimate of drug-likeness (QED) is 0.508. The van der Waals surface area contributed by atoms with Gasteiger partial charge in [-0.2, -0.15) is 0 Å². The third-order valence-electron chi connectivity index (χ3n) is 1.91. The van der Waals surface area contributed by atoms with Gasteiger partial charge >= 0.3 is 0 Å². The highest BCUT2D eigenvalue weighted by molar-refractivity contribution is 5.81. The number of rotatable bonds is 7. The summed E-state index contributed by atoms with van der Waals surface area (Å²) in [5, 5.41) is 14.5. The second-order valence-corrected chi connectivity index (χ2v) is 3.34. The Bertz CT molecular complexity index is 183. The summed E-state index contributed by atoms with van der Waals surface area (Å²) in [6.45, 7) is 7.87. The van der Waals surface area contributed by atoms with Crippen LogP contribution >= 0.6 is 0 Å². The van der Waals surface area contributed by atoms with E-state index in [4.69, 9.17) is 5.11 Å². The molecule has 2 unspecified atom stereocenters. The molecule has 1 amide bonds. The van der Waals surface area contributed by atoms with Gasteiger partial charge in [-0.25, -0.2) is 0 Å². The lowest BCUT2D eigenvalue weighted by atomic mass is 10.2. The van der Waals surface area contributed by atoms with Crippen molar-refractivity contribution in [1.29, 1.82) is 0 Å². The van der Waals surface area contributed by atoms with Crippen LogP contribution in [0.15, 0.2) is 12.7 Å². The maximum atomic E-state index is 11.4. The van der Waals surface area contributed by atoms with Gasteiger partial charge in [0.05, 0.1) is 6.04 Å². The zero-order chi connectivity index (χ0) is 11.0. The van der Waals surface area contributed by atoms with Crippen LogP contribution in [0, 0.1) is 0 Å². The highest BCUT2D eigenvalue weighted by Gasteiger charge is 2.13. The van der Waals surface area contributed by atoms with Crippen LogP contribution in [0.4, 0.5) is 0 Å². The SMILES string of the molecule is C=CCNC(=O)C(C)NC(C)CCO. The molecule has 0 aromatic carbocycles. The van der Waals surface area contributed by atoms with Crippen LogP contribution in [0.3, 0.4) is 0 Å². The lowest BCUT2D eigenvalue weighted by Crippen LogP contribution is -2.45. The van der Waals surface area contributed by atoms with E-state index in [2.05, 4.69) is 17.2 Å². The largest absolute Gasteiger partial charge is 0.396 e. The minimum atomic E-state index is -0.239. The number of hydrogen-bond acceptors (Lipinski definition) is 3. The minimum absolute atomic E-state index is 0.0466. The van der Waals surface area contributed by atoms with Gasteiger partial charge < -0.3 is 15.7 Å². The first-order valence-electron chi connectivity index (χ1n) is 4.87. The number of aliphatic hydroxyl groups excluding tert-OH is 1. The molecule has 82 valence electrons. The Labute approximate surface area is 85.4 Å². The van der Waals surface area contributed by atoms with Gasteiger partial charge in [-0.3, -0.25) is 4.79 Å². The average molecular weight is 200 g/mol. The molecule has 4 nitrogen and oxygen atoms in total. The second kappa shape index (κ2) is 7.53. The van der Waals surface area contributed by atoms with Crippen LogP contribution in [0.2, 0.25) is 0 Å². The molecule has 3 N–H and O–H groups in total. The van der Waals surface area contributed by atoms with E-state index < -0.39 is 0 Å². The van der Waals surface area contributed by atoms with Gasteiger partial charge in [0.2, 0.25) is 5.91 Å². The molecule has 0 aliphatic carbocycles. The van der Waals surface area contributed by atoms with Gasteiger partial charge in [0.15, 0.2) is 0 Å². The monoisotopic (exact) mass is 200 g/mol. The zero-order valence-electron chi connectivity index (χ0n) is 8.92. The van der Waals surface area contributed by atoms with Crippen molar-refractivity contribution in [2.45, 2.75) is 32.4 Å². The molecule has 0 bridgehead atoms. The fourth-order valence-corrected chi connectivity index (χ4v) is 1.11. The van der Waals surface area contributed by atoms with Crippen LogP contribution in [0.1, 0.15) is 20.3 Å². The normalized spacial score (nSPS) is 14.5. The maximum absolute atomic E-state index is 11.4. The average Bonchev–Trinajstić information content (AvgIpc) is 2.14. The Morgan fingerprint density at radius 1 is 1.57 bits per heavy atom. The van der Waals surface area contributed by atoms with Crippen LogP contribution < -0.4 is 10.6 Å². The summed E-state index contributed by atoms with van der Waals surface area (Å²) < 4.78 is 0. The van der Waals surface area contributed by atoms with Crippen molar-refractivity contribution in [3.63, 3.8) is 0 Å². The van der Waals surface area contributed by atoms with Crippen molar-refractivity contribution in [3.05, 3.63) is 12.7 Å². The van der Waals surface area contributed by atoms with Gasteiger partial charge in [-0.05, 0) is 20.3 Å². The van der Waals surface area contributed by atoms with Crippen molar-refractivity contribution in [1.82, 2.24) is 10.6 Å². The van der Waals surface area contributed by atoms with Crippen molar-refractivity contribution >= 4 is 5.91 Å². The van der Waals surface area contributed by atoms with Gasteiger partial charge in [0.25, 0.3) is 0 Å². The predicted molar refractivity (Wildman–Crippen MR) is 57.0 cm³/mol. The fraction of sp³-hybridized carbons (Fsp3) is 0.700. The summed E-state index contributed by atoms with van der Waals surface area (Å²) >= 11 is 0. The summed E-state index contributed by atoms with van der Waals surface area (Å²) in [7, 11) is 0. The first-order valence-corrected chi connectivity index (χ1v) is 4.87. The van der Waals surface area contributed by atoms with Gasteiger partial charge in [0, 0.05) is 19.2 Å². The van der Waals surface area contributed by atoms with E-state index in [1.54, 1.807) is 13.0 Å². The predicted octanol–water partition coefficient (Wildman–Crippen LogP) is 0.0376. The standard InChI is InChI=1S/C10H20N2O2/c1-4-6-11-10(14)9(3)12-8(2)5-7-13/h4,8-9,12-13H,1,5-7H2,2-3H3,(H,11,14). The molecule has 14 heavy (non-hydrogen) atoms. The Balaban J connectivity index is 3.75. The molecule has 0 aromatic rings. The first-order chi connectivity index (χ1) is 6.61. The number of aliphatic hydroxyl groups is 1. The summed E-state index contributed by atoms with van der Waals surface area (Å²) in [5.74, 6) is -0.0466. The summed E-state index contributed by atoms with van der Waals surface area (Å²) in [6.07, 6.45) is 2.29. The molecule has 0 radical (unpaired) electrons. The van der Waals surface area contributed by atoms with Crippen molar-refractivity contribution in [2.75, 3.05) is 13.2 Å². The fourth-order valence-electron chi connectivity index (χ4n) is 1.11. The molecule has 4 heteroatoms. The second-order valence-electron chi connectivity index (χ2n) is 3.34. The highest BCUT2D eigenvalue weighted by Crippen LogP contribution is 1.92. The van der Waals surface area contributed by atoms with Gasteiger partial charge in [-0.15, -0.1) is 6.58 Å². The Morgan fingerprint density at radius 3 is 2.71 bits per heavy atom. The first kappa shape index (κ1) is 13.1. The summed E-state index contributed by atoms with van der Waals surface area (Å²) in [4.78, 5) is 11.4. The smallest absolute Gasteiger partial charge is 0.237 e. The third kappa shape index (κ3) is 5.72. The molecule has 0 aliphatic rings. The molecule has 0 spiro atoms. The van der Waals surface area contributed by atoms with E-state index in [0.717, 1.165) is 0 Å². The molecule has 0 saturated heterocycles. The van der Waals surface area contributed by atoms with E-state index in [1.165, 1.54) is 0 Å². The minimum Gasteiger partial charge on any atom is -0.396 e. The number of nitrogens with one attached hydrogen (secondary N) is 2. The maximum Gasteiger partial charge on any atom is 0.237 e. The van der Waals surface area contributed by atoms with Crippen LogP contribution in [0.5, 0.6) is 0 Å². The van der Waals surface area contributed by atoms with Crippen LogP contribution in [-0.2, 0) is 4.79 Å². The summed E-state index contributed by atoms with van der Waals surface area (Å²) in [6, 6.07) is -0.0963. The van der Waals surface area contributed by atoms with Crippen molar-refractivity contribution < 1.29 is 9.90 Å². The van der Waals surface area contributed by atoms with Crippen LogP contribution in [0.25, 0.3) is 0 Å². The van der Waals surface area contributed by atoms with E-state index in [1.807, 2.05) is 6.92 Å². The van der Waals surface area contributed by atoms with E-state index in [9.17, 15) is 4.79 Å². The van der Waals surface area contributed by atoms with E-state index in [-0.39, 0.29) is 24.6 Å². The summed E-state index contributed by atoms with van der Waals surface area (Å²) in [5.41, 5.74) is 0. The third-order valence-corrected chi connectivity index (χ3v) is 1.91. The molecule has 0 fully saturated rings. The van der Waals surface area contributed by atoms with Crippen LogP contribution in [-0.4, -0.2) is 36.2 Å². The Kier molecular flexibility index (Phi) is 7.06. The lowest BCUT2D eigenvalue weighted by Gasteiger charge is -2.18. The zero-order valence-corrected chi connectivity index (χ0v) is 8.92. The lowest BCUT2D eigenvalue weighted by molar-refractivity contribution is -0.122. The molecule has 0 rings (SSSR count). The number of amides is 1. The number of hydrogen-bond donors (Lipinski definition) is 3. The van der Waals surface area contributed by atoms with E-state index in [0.29, 0.717) is 13.0 Å². The topological polar surface area (TPSA) is 61.4 Å². The Morgan fingerprint density at radius 2 is 2.21 bits per heavy atom. The molecule has 0 aromatic heterocycles. The van der Waals surface area contributed by atoms with Crippen molar-refractivity contribution in [2.24, 2.45) is 0 Å². The molecular weight excluding hydrogens is 180 g/mol. The molecular formula is C10H20N2O2.